The maximum atomic E-state index is 13.7. The van der Waals surface area contributed by atoms with Crippen molar-refractivity contribution in [3.8, 4) is 0 Å². The van der Waals surface area contributed by atoms with Gasteiger partial charge in [0.2, 0.25) is 17.6 Å². The molecule has 0 saturated heterocycles. The van der Waals surface area contributed by atoms with Crippen molar-refractivity contribution in [3.63, 3.8) is 0 Å². The van der Waals surface area contributed by atoms with Gasteiger partial charge in [-0.15, -0.1) is 0 Å². The minimum absolute atomic E-state index is 0.0763. The number of nitrogens with one attached hydrogen (secondary N) is 4. The molecule has 55 heavy (non-hydrogen) atoms. The number of azo groups is 1. The molecule has 2 aromatic rings. The molecule has 3 rings (SSSR count). The highest BCUT2D eigenvalue weighted by molar-refractivity contribution is 6.38. The van der Waals surface area contributed by atoms with Crippen LogP contribution in [0.1, 0.15) is 97.1 Å². The Morgan fingerprint density at radius 1 is 0.818 bits per heavy atom. The fraction of sp³-hybridized carbons (Fsp3) is 0.561. The molecule has 1 fully saturated rings. The van der Waals surface area contributed by atoms with E-state index in [0.717, 1.165) is 32.1 Å². The molecular formula is C41H58N6O8. The van der Waals surface area contributed by atoms with Crippen LogP contribution in [0.15, 0.2) is 70.9 Å². The van der Waals surface area contributed by atoms with Crippen molar-refractivity contribution >= 4 is 35.6 Å². The maximum absolute atomic E-state index is 13.7. The minimum atomic E-state index is -1.74. The topological polar surface area (TPSA) is 194 Å². The van der Waals surface area contributed by atoms with Crippen molar-refractivity contribution in [2.24, 2.45) is 28.0 Å². The van der Waals surface area contributed by atoms with Crippen LogP contribution in [0.25, 0.3) is 0 Å². The number of hydrogen-bond acceptors (Lipinski definition) is 10. The van der Waals surface area contributed by atoms with Crippen LogP contribution >= 0.6 is 0 Å². The molecule has 1 saturated carbocycles. The van der Waals surface area contributed by atoms with Crippen molar-refractivity contribution in [1.82, 2.24) is 21.3 Å². The van der Waals surface area contributed by atoms with Crippen LogP contribution in [0.3, 0.4) is 0 Å². The van der Waals surface area contributed by atoms with E-state index in [-0.39, 0.29) is 30.8 Å². The van der Waals surface area contributed by atoms with Gasteiger partial charge in [-0.05, 0) is 54.6 Å². The predicted octanol–water partition coefficient (Wildman–Crippen LogP) is 5.35. The summed E-state index contributed by atoms with van der Waals surface area (Å²) in [6.45, 7) is 9.17. The summed E-state index contributed by atoms with van der Waals surface area (Å²) in [4.78, 5) is 79.8. The zero-order valence-electron chi connectivity index (χ0n) is 33.0. The first kappa shape index (κ1) is 44.3. The summed E-state index contributed by atoms with van der Waals surface area (Å²) in [7, 11) is 1.21. The number of benzene rings is 2. The summed E-state index contributed by atoms with van der Waals surface area (Å²) in [5.41, 5.74) is -0.873. The lowest BCUT2D eigenvalue weighted by atomic mass is 9.82. The summed E-state index contributed by atoms with van der Waals surface area (Å²) in [6.07, 6.45) is 4.08. The average molecular weight is 763 g/mol. The van der Waals surface area contributed by atoms with Gasteiger partial charge < -0.3 is 30.7 Å². The summed E-state index contributed by atoms with van der Waals surface area (Å²) >= 11 is 0. The molecular weight excluding hydrogens is 704 g/mol. The standard InChI is InChI=1S/C41H58N6O8/c1-7-17-32(46-47-33(24-27(2)3)43-37(50)35(29-18-11-8-12-19-29)44-40(53)55-26-28(4)5)36(49)38(51)42-25-34(48)45-41(39(52)54-6,30-20-13-9-14-21-30)31-22-15-10-16-23-31/h9-10,13-16,20-23,27-29,32-33,35H,7-8,11-12,17-19,24-26H2,1-6H3,(H,42,51)(H,43,50)(H,44,53)(H,45,48)/t32?,33-,35+/m1/s1. The molecule has 4 amide bonds. The van der Waals surface area contributed by atoms with Gasteiger partial charge in [0.15, 0.2) is 5.54 Å². The molecule has 0 aromatic heterocycles. The second kappa shape index (κ2) is 22.3. The lowest BCUT2D eigenvalue weighted by molar-refractivity contribution is -0.149. The van der Waals surface area contributed by atoms with Crippen LogP contribution in [0.4, 0.5) is 4.79 Å². The van der Waals surface area contributed by atoms with E-state index in [1.807, 2.05) is 34.6 Å². The summed E-state index contributed by atoms with van der Waals surface area (Å²) < 4.78 is 10.5. The number of carbonyl (C=O) groups excluding carboxylic acids is 6. The van der Waals surface area contributed by atoms with Crippen molar-refractivity contribution in [3.05, 3.63) is 71.8 Å². The van der Waals surface area contributed by atoms with Gasteiger partial charge in [-0.2, -0.15) is 10.2 Å². The molecule has 4 N–H and O–H groups in total. The Morgan fingerprint density at radius 3 is 1.95 bits per heavy atom. The lowest BCUT2D eigenvalue weighted by Crippen LogP contribution is -2.55. The van der Waals surface area contributed by atoms with Gasteiger partial charge in [-0.1, -0.05) is 121 Å². The van der Waals surface area contributed by atoms with Gasteiger partial charge in [0.05, 0.1) is 20.3 Å². The van der Waals surface area contributed by atoms with Crippen LogP contribution in [0.5, 0.6) is 0 Å². The molecule has 1 unspecified atom stereocenters. The van der Waals surface area contributed by atoms with Gasteiger partial charge in [0.1, 0.15) is 18.2 Å². The number of nitrogens with zero attached hydrogens (tertiary/aromatic N) is 2. The third-order valence-corrected chi connectivity index (χ3v) is 9.30. The van der Waals surface area contributed by atoms with E-state index in [4.69, 9.17) is 9.47 Å². The largest absolute Gasteiger partial charge is 0.467 e. The van der Waals surface area contributed by atoms with Gasteiger partial charge in [-0.25, -0.2) is 9.59 Å². The first-order chi connectivity index (χ1) is 26.3. The zero-order valence-corrected chi connectivity index (χ0v) is 33.0. The van der Waals surface area contributed by atoms with E-state index >= 15 is 0 Å². The molecule has 2 aromatic carbocycles. The quantitative estimate of drug-likeness (QED) is 0.0788. The number of amides is 4. The van der Waals surface area contributed by atoms with E-state index in [1.54, 1.807) is 60.7 Å². The van der Waals surface area contributed by atoms with Gasteiger partial charge in [-0.3, -0.25) is 19.2 Å². The Kier molecular flexibility index (Phi) is 17.9. The van der Waals surface area contributed by atoms with Crippen LogP contribution in [0, 0.1) is 17.8 Å². The Hall–Kier alpha value is -5.14. The Bertz CT molecular complexity index is 1550. The third-order valence-electron chi connectivity index (χ3n) is 9.30. The van der Waals surface area contributed by atoms with Crippen LogP contribution < -0.4 is 21.3 Å². The van der Waals surface area contributed by atoms with E-state index < -0.39 is 65.9 Å². The highest BCUT2D eigenvalue weighted by Gasteiger charge is 2.45. The zero-order chi connectivity index (χ0) is 40.4. The second-order valence-corrected chi connectivity index (χ2v) is 14.8. The monoisotopic (exact) mass is 762 g/mol. The number of ether oxygens (including phenoxy) is 2. The minimum Gasteiger partial charge on any atom is -0.467 e. The van der Waals surface area contributed by atoms with Gasteiger partial charge in [0, 0.05) is 0 Å². The molecule has 3 atom stereocenters. The number of esters is 1. The highest BCUT2D eigenvalue weighted by atomic mass is 16.5. The molecule has 14 nitrogen and oxygen atoms in total. The maximum Gasteiger partial charge on any atom is 0.407 e. The van der Waals surface area contributed by atoms with Crippen molar-refractivity contribution in [1.29, 1.82) is 0 Å². The Labute approximate surface area is 324 Å². The number of methoxy groups -OCH3 is 1. The molecule has 0 radical (unpaired) electrons. The fourth-order valence-corrected chi connectivity index (χ4v) is 6.57. The number of hydrogen-bond donors (Lipinski definition) is 4. The van der Waals surface area contributed by atoms with Gasteiger partial charge in [0.25, 0.3) is 5.91 Å². The van der Waals surface area contributed by atoms with Crippen LogP contribution in [-0.2, 0) is 39.0 Å². The highest BCUT2D eigenvalue weighted by Crippen LogP contribution is 2.31. The predicted molar refractivity (Wildman–Crippen MR) is 206 cm³/mol. The molecule has 14 heteroatoms. The number of alkyl carbamates (subject to hydrolysis) is 1. The number of Topliss-reactive ketones (excluding diaryl/α,β-unsaturated/α-hetero) is 1. The van der Waals surface area contributed by atoms with E-state index in [1.165, 1.54) is 7.11 Å². The number of ketones is 1. The molecule has 300 valence electrons. The van der Waals surface area contributed by atoms with E-state index in [2.05, 4.69) is 31.5 Å². The normalized spacial score (nSPS) is 15.1. The lowest BCUT2D eigenvalue weighted by Gasteiger charge is -2.33. The molecule has 0 spiro atoms. The first-order valence-electron chi connectivity index (χ1n) is 19.3. The van der Waals surface area contributed by atoms with Crippen LogP contribution in [0.2, 0.25) is 0 Å². The Balaban J connectivity index is 1.75. The Morgan fingerprint density at radius 2 is 1.42 bits per heavy atom. The molecule has 1 aliphatic carbocycles. The smallest absolute Gasteiger partial charge is 0.407 e. The number of carbonyl (C=O) groups is 6. The van der Waals surface area contributed by atoms with E-state index in [9.17, 15) is 28.8 Å². The summed E-state index contributed by atoms with van der Waals surface area (Å²) in [6, 6.07) is 15.1. The van der Waals surface area contributed by atoms with E-state index in [0.29, 0.717) is 24.0 Å². The fourth-order valence-electron chi connectivity index (χ4n) is 6.57. The number of rotatable bonds is 20. The van der Waals surface area contributed by atoms with Crippen molar-refractivity contribution in [2.45, 2.75) is 110 Å². The molecule has 0 bridgehead atoms. The average Bonchev–Trinajstić information content (AvgIpc) is 3.18. The van der Waals surface area contributed by atoms with Crippen molar-refractivity contribution in [2.75, 3.05) is 20.3 Å². The second-order valence-electron chi connectivity index (χ2n) is 14.8. The van der Waals surface area contributed by atoms with Crippen LogP contribution in [-0.4, -0.2) is 74.1 Å². The third kappa shape index (κ3) is 13.3. The molecule has 0 heterocycles. The SMILES string of the molecule is CCCC(N=N[C@H](CC(C)C)NC(=O)[C@@H](NC(=O)OCC(C)C)C1CCCCC1)C(=O)C(=O)NCC(=O)NC(C(=O)OC)(c1ccccc1)c1ccccc1. The molecule has 0 aliphatic heterocycles. The van der Waals surface area contributed by atoms with Gasteiger partial charge >= 0.3 is 12.1 Å². The first-order valence-corrected chi connectivity index (χ1v) is 19.3. The molecule has 1 aliphatic rings. The van der Waals surface area contributed by atoms with Crippen molar-refractivity contribution < 1.29 is 38.2 Å². The summed E-state index contributed by atoms with van der Waals surface area (Å²) in [5.74, 6) is -3.76. The summed E-state index contributed by atoms with van der Waals surface area (Å²) in [5, 5.41) is 19.4.